The van der Waals surface area contributed by atoms with E-state index >= 15 is 0 Å². The van der Waals surface area contributed by atoms with Crippen molar-refractivity contribution in [2.24, 2.45) is 5.92 Å². The van der Waals surface area contributed by atoms with Crippen LogP contribution in [0.5, 0.6) is 0 Å². The Morgan fingerprint density at radius 1 is 1.04 bits per heavy atom. The van der Waals surface area contributed by atoms with Gasteiger partial charge in [-0.3, -0.25) is 4.90 Å². The minimum Gasteiger partial charge on any atom is -0.311 e. The number of nitriles is 1. The largest absolute Gasteiger partial charge is 0.311 e. The van der Waals surface area contributed by atoms with Gasteiger partial charge in [-0.15, -0.1) is 0 Å². The Labute approximate surface area is 144 Å². The molecule has 0 aliphatic carbocycles. The molecule has 2 atom stereocenters. The third-order valence-electron chi connectivity index (χ3n) is 4.88. The molecule has 2 aromatic carbocycles. The van der Waals surface area contributed by atoms with Crippen LogP contribution in [0.1, 0.15) is 36.6 Å². The second-order valence-electron chi connectivity index (χ2n) is 6.85. The molecule has 0 saturated carbocycles. The molecule has 2 aromatic rings. The van der Waals surface area contributed by atoms with E-state index in [4.69, 9.17) is 5.26 Å². The average Bonchev–Trinajstić information content (AvgIpc) is 2.64. The van der Waals surface area contributed by atoms with Crippen LogP contribution in [-0.2, 0) is 0 Å². The lowest BCUT2D eigenvalue weighted by atomic mass is 9.93. The van der Waals surface area contributed by atoms with Crippen LogP contribution >= 0.6 is 0 Å². The molecule has 0 amide bonds. The zero-order valence-corrected chi connectivity index (χ0v) is 14.4. The molecule has 1 unspecified atom stereocenters. The topological polar surface area (TPSA) is 39.1 Å². The Bertz CT molecular complexity index is 685. The summed E-state index contributed by atoms with van der Waals surface area (Å²) in [5, 5.41) is 12.7. The third kappa shape index (κ3) is 3.67. The Hall–Kier alpha value is -2.15. The van der Waals surface area contributed by atoms with Gasteiger partial charge in [-0.25, -0.2) is 0 Å². The van der Waals surface area contributed by atoms with Crippen LogP contribution in [0.15, 0.2) is 54.6 Å². The van der Waals surface area contributed by atoms with Crippen molar-refractivity contribution in [1.82, 2.24) is 10.2 Å². The van der Waals surface area contributed by atoms with Crippen LogP contribution < -0.4 is 5.32 Å². The highest BCUT2D eigenvalue weighted by Crippen LogP contribution is 2.30. The van der Waals surface area contributed by atoms with E-state index in [1.54, 1.807) is 0 Å². The Morgan fingerprint density at radius 3 is 2.33 bits per heavy atom. The Morgan fingerprint density at radius 2 is 1.71 bits per heavy atom. The fraction of sp³-hybridized carbons (Fsp3) is 0.381. The van der Waals surface area contributed by atoms with Gasteiger partial charge in [0, 0.05) is 25.7 Å². The van der Waals surface area contributed by atoms with Crippen molar-refractivity contribution in [3.05, 3.63) is 71.3 Å². The maximum atomic E-state index is 9.06. The summed E-state index contributed by atoms with van der Waals surface area (Å²) in [5.41, 5.74) is 3.28. The Balaban J connectivity index is 1.94. The average molecular weight is 319 g/mol. The first kappa shape index (κ1) is 16.7. The first-order chi connectivity index (χ1) is 11.7. The minimum absolute atomic E-state index is 0.238. The fourth-order valence-corrected chi connectivity index (χ4v) is 3.47. The van der Waals surface area contributed by atoms with Crippen molar-refractivity contribution in [2.75, 3.05) is 19.6 Å². The molecule has 3 heteroatoms. The summed E-state index contributed by atoms with van der Waals surface area (Å²) in [5.74, 6) is 0.616. The molecule has 1 N–H and O–H groups in total. The molecule has 0 aromatic heterocycles. The van der Waals surface area contributed by atoms with Crippen molar-refractivity contribution in [3.8, 4) is 6.07 Å². The maximum Gasteiger partial charge on any atom is 0.0991 e. The van der Waals surface area contributed by atoms with Gasteiger partial charge in [-0.2, -0.15) is 5.26 Å². The van der Waals surface area contributed by atoms with Gasteiger partial charge in [-0.05, 0) is 29.2 Å². The molecule has 3 rings (SSSR count). The lowest BCUT2D eigenvalue weighted by molar-refractivity contribution is 0.144. The summed E-state index contributed by atoms with van der Waals surface area (Å²) in [6, 6.07) is 21.7. The molecule has 1 aliphatic heterocycles. The molecular weight excluding hydrogens is 294 g/mol. The maximum absolute atomic E-state index is 9.06. The predicted molar refractivity (Wildman–Crippen MR) is 97.6 cm³/mol. The standard InChI is InChI=1S/C21H25N3/c1-16(2)20-15-24(13-12-23-20)21(18-6-4-3-5-7-18)19-10-8-17(14-22)9-11-19/h3-11,16,20-21,23H,12-13,15H2,1-2H3/t20-,21?/m1/s1. The van der Waals surface area contributed by atoms with Gasteiger partial charge in [0.2, 0.25) is 0 Å². The number of hydrogen-bond donors (Lipinski definition) is 1. The lowest BCUT2D eigenvalue weighted by Crippen LogP contribution is -2.53. The normalized spacial score (nSPS) is 19.8. The van der Waals surface area contributed by atoms with E-state index in [0.717, 1.165) is 19.6 Å². The highest BCUT2D eigenvalue weighted by atomic mass is 15.2. The molecule has 0 bridgehead atoms. The molecule has 0 radical (unpaired) electrons. The molecule has 24 heavy (non-hydrogen) atoms. The summed E-state index contributed by atoms with van der Waals surface area (Å²) in [4.78, 5) is 2.57. The molecule has 0 spiro atoms. The SMILES string of the molecule is CC(C)[C@H]1CN(C(c2ccccc2)c2ccc(C#N)cc2)CCN1. The summed E-state index contributed by atoms with van der Waals surface area (Å²) in [7, 11) is 0. The van der Waals surface area contributed by atoms with Crippen LogP contribution in [0.4, 0.5) is 0 Å². The first-order valence-electron chi connectivity index (χ1n) is 8.71. The first-order valence-corrected chi connectivity index (χ1v) is 8.71. The van der Waals surface area contributed by atoms with Crippen molar-refractivity contribution < 1.29 is 0 Å². The molecule has 1 heterocycles. The van der Waals surface area contributed by atoms with E-state index in [9.17, 15) is 0 Å². The molecule has 3 nitrogen and oxygen atoms in total. The second kappa shape index (κ2) is 7.61. The zero-order valence-electron chi connectivity index (χ0n) is 14.4. The van der Waals surface area contributed by atoms with Crippen molar-refractivity contribution in [1.29, 1.82) is 5.26 Å². The lowest BCUT2D eigenvalue weighted by Gasteiger charge is -2.40. The van der Waals surface area contributed by atoms with E-state index in [2.05, 4.69) is 72.6 Å². The van der Waals surface area contributed by atoms with Crippen molar-refractivity contribution in [2.45, 2.75) is 25.9 Å². The number of nitrogens with zero attached hydrogens (tertiary/aromatic N) is 2. The summed E-state index contributed by atoms with van der Waals surface area (Å²) in [6.45, 7) is 7.64. The summed E-state index contributed by atoms with van der Waals surface area (Å²) >= 11 is 0. The van der Waals surface area contributed by atoms with Crippen molar-refractivity contribution >= 4 is 0 Å². The third-order valence-corrected chi connectivity index (χ3v) is 4.88. The Kier molecular flexibility index (Phi) is 5.30. The van der Waals surface area contributed by atoms with Gasteiger partial charge in [0.05, 0.1) is 17.7 Å². The molecular formula is C21H25N3. The van der Waals surface area contributed by atoms with Crippen LogP contribution in [0, 0.1) is 17.2 Å². The zero-order chi connectivity index (χ0) is 16.9. The van der Waals surface area contributed by atoms with Gasteiger partial charge in [0.1, 0.15) is 0 Å². The van der Waals surface area contributed by atoms with E-state index in [-0.39, 0.29) is 6.04 Å². The second-order valence-corrected chi connectivity index (χ2v) is 6.85. The molecule has 1 aliphatic rings. The summed E-state index contributed by atoms with van der Waals surface area (Å²) < 4.78 is 0. The molecule has 124 valence electrons. The number of rotatable bonds is 4. The number of piperazine rings is 1. The van der Waals surface area contributed by atoms with E-state index in [1.807, 2.05) is 12.1 Å². The quantitative estimate of drug-likeness (QED) is 0.936. The molecule has 1 saturated heterocycles. The number of hydrogen-bond acceptors (Lipinski definition) is 3. The van der Waals surface area contributed by atoms with Crippen LogP contribution in [0.2, 0.25) is 0 Å². The highest BCUT2D eigenvalue weighted by molar-refractivity contribution is 5.37. The van der Waals surface area contributed by atoms with Gasteiger partial charge >= 0.3 is 0 Å². The fourth-order valence-electron chi connectivity index (χ4n) is 3.47. The van der Waals surface area contributed by atoms with Gasteiger partial charge in [-0.1, -0.05) is 56.3 Å². The number of benzene rings is 2. The minimum atomic E-state index is 0.238. The summed E-state index contributed by atoms with van der Waals surface area (Å²) in [6.07, 6.45) is 0. The predicted octanol–water partition coefficient (Wildman–Crippen LogP) is 3.58. The van der Waals surface area contributed by atoms with Gasteiger partial charge in [0.25, 0.3) is 0 Å². The highest BCUT2D eigenvalue weighted by Gasteiger charge is 2.28. The van der Waals surface area contributed by atoms with Crippen molar-refractivity contribution in [3.63, 3.8) is 0 Å². The van der Waals surface area contributed by atoms with E-state index in [1.165, 1.54) is 11.1 Å². The van der Waals surface area contributed by atoms with Crippen LogP contribution in [0.25, 0.3) is 0 Å². The van der Waals surface area contributed by atoms with Gasteiger partial charge < -0.3 is 5.32 Å². The molecule has 1 fully saturated rings. The van der Waals surface area contributed by atoms with E-state index < -0.39 is 0 Å². The van der Waals surface area contributed by atoms with E-state index in [0.29, 0.717) is 17.5 Å². The number of nitrogens with one attached hydrogen (secondary N) is 1. The smallest absolute Gasteiger partial charge is 0.0991 e. The van der Waals surface area contributed by atoms with Gasteiger partial charge in [0.15, 0.2) is 0 Å². The monoisotopic (exact) mass is 319 g/mol. The van der Waals surface area contributed by atoms with Crippen LogP contribution in [0.3, 0.4) is 0 Å². The van der Waals surface area contributed by atoms with Crippen LogP contribution in [-0.4, -0.2) is 30.6 Å².